The number of aliphatic carboxylic acids is 1. The number of phosphoric acid groups is 1. The molecule has 3 N–H and O–H groups in total. The Labute approximate surface area is 170 Å². The van der Waals surface area contributed by atoms with Gasteiger partial charge in [-0.25, -0.2) is 14.2 Å². The maximum atomic E-state index is 10.3. The second-order valence-electron chi connectivity index (χ2n) is 7.07. The first-order valence-corrected chi connectivity index (χ1v) is 12.0. The van der Waals surface area contributed by atoms with Crippen LogP contribution in [-0.4, -0.2) is 27.5 Å². The van der Waals surface area contributed by atoms with Crippen molar-refractivity contribution >= 4 is 13.8 Å². The minimum Gasteiger partial charge on any atom is -0.478 e. The first kappa shape index (κ1) is 29.5. The van der Waals surface area contributed by atoms with E-state index in [1.165, 1.54) is 77.6 Å². The Morgan fingerprint density at radius 2 is 1.14 bits per heavy atom. The van der Waals surface area contributed by atoms with E-state index < -0.39 is 13.8 Å². The van der Waals surface area contributed by atoms with Gasteiger partial charge in [-0.15, -0.1) is 4.67 Å². The number of unbranched alkanes of at least 4 members (excludes halogenated alkanes) is 13. The minimum atomic E-state index is -4.48. The molecule has 0 aromatic heterocycles. The molecule has 0 rings (SSSR count). The van der Waals surface area contributed by atoms with Crippen LogP contribution < -0.4 is 0 Å². The zero-order valence-electron chi connectivity index (χ0n) is 17.7. The molecule has 0 saturated carbocycles. The lowest BCUT2D eigenvalue weighted by Gasteiger charge is -2.05. The van der Waals surface area contributed by atoms with E-state index in [0.717, 1.165) is 19.3 Å². The summed E-state index contributed by atoms with van der Waals surface area (Å²) in [4.78, 5) is 30.8. The number of hydrogen-bond acceptors (Lipinski definition) is 4. The highest BCUT2D eigenvalue weighted by atomic mass is 31.2. The number of carboxylic acid groups (broad SMARTS) is 1. The number of carboxylic acids is 1. The van der Waals surface area contributed by atoms with Gasteiger partial charge in [0.25, 0.3) is 0 Å². The van der Waals surface area contributed by atoms with Crippen LogP contribution in [0.2, 0.25) is 0 Å². The molecule has 28 heavy (non-hydrogen) atoms. The van der Waals surface area contributed by atoms with E-state index in [9.17, 15) is 9.36 Å². The fourth-order valence-electron chi connectivity index (χ4n) is 2.46. The van der Waals surface area contributed by atoms with Crippen LogP contribution in [0.25, 0.3) is 0 Å². The van der Waals surface area contributed by atoms with Gasteiger partial charge in [0.2, 0.25) is 0 Å². The number of carbonyl (C=O) groups is 1. The average molecular weight is 425 g/mol. The normalized spacial score (nSPS) is 11.0. The molecule has 0 atom stereocenters. The first-order valence-electron chi connectivity index (χ1n) is 10.5. The van der Waals surface area contributed by atoms with Gasteiger partial charge in [-0.2, -0.15) is 0 Å². The lowest BCUT2D eigenvalue weighted by Crippen LogP contribution is -1.95. The third-order valence-corrected chi connectivity index (χ3v) is 4.40. The van der Waals surface area contributed by atoms with Gasteiger partial charge < -0.3 is 14.9 Å². The van der Waals surface area contributed by atoms with E-state index in [1.807, 2.05) is 0 Å². The van der Waals surface area contributed by atoms with Crippen molar-refractivity contribution in [2.24, 2.45) is 0 Å². The lowest BCUT2D eigenvalue weighted by atomic mass is 10.0. The molecule has 0 aliphatic heterocycles. The van der Waals surface area contributed by atoms with Crippen LogP contribution in [0.1, 0.15) is 104 Å². The second kappa shape index (κ2) is 21.0. The number of rotatable bonds is 18. The topological polar surface area (TPSA) is 113 Å². The van der Waals surface area contributed by atoms with E-state index in [1.54, 1.807) is 0 Å². The predicted octanol–water partition coefficient (Wildman–Crippen LogP) is 6.16. The van der Waals surface area contributed by atoms with E-state index in [2.05, 4.69) is 23.1 Å². The Bertz CT molecular complexity index is 409. The fourth-order valence-corrected chi connectivity index (χ4v) is 2.67. The van der Waals surface area contributed by atoms with Gasteiger partial charge in [0.1, 0.15) is 0 Å². The zero-order valence-corrected chi connectivity index (χ0v) is 18.6. The van der Waals surface area contributed by atoms with Crippen molar-refractivity contribution in [2.75, 3.05) is 6.61 Å². The highest BCUT2D eigenvalue weighted by Crippen LogP contribution is 2.35. The van der Waals surface area contributed by atoms with Gasteiger partial charge in [-0.1, -0.05) is 97.0 Å². The zero-order chi connectivity index (χ0) is 21.7. The van der Waals surface area contributed by atoms with Gasteiger partial charge >= 0.3 is 13.8 Å². The largest absolute Gasteiger partial charge is 0.496 e. The van der Waals surface area contributed by atoms with Crippen LogP contribution in [0.4, 0.5) is 0 Å². The maximum Gasteiger partial charge on any atom is 0.496 e. The van der Waals surface area contributed by atoms with Crippen LogP contribution in [0, 0.1) is 0 Å². The lowest BCUT2D eigenvalue weighted by molar-refractivity contribution is -0.222. The Balaban J connectivity index is 0. The quantitative estimate of drug-likeness (QED) is 0.0794. The molecule has 0 aromatic carbocycles. The van der Waals surface area contributed by atoms with E-state index in [0.29, 0.717) is 0 Å². The average Bonchev–Trinajstić information content (AvgIpc) is 2.61. The molecule has 0 amide bonds. The highest BCUT2D eigenvalue weighted by molar-refractivity contribution is 7.46. The van der Waals surface area contributed by atoms with Crippen molar-refractivity contribution in [3.8, 4) is 0 Å². The monoisotopic (exact) mass is 424 g/mol. The summed E-state index contributed by atoms with van der Waals surface area (Å²) < 4.78 is 14.2. The molecule has 168 valence electrons. The molecule has 0 heterocycles. The molecule has 0 bridgehead atoms. The third-order valence-electron chi connectivity index (χ3n) is 4.10. The van der Waals surface area contributed by atoms with Gasteiger partial charge in [0.15, 0.2) is 0 Å². The van der Waals surface area contributed by atoms with Crippen LogP contribution >= 0.6 is 7.82 Å². The summed E-state index contributed by atoms with van der Waals surface area (Å²) >= 11 is 0. The van der Waals surface area contributed by atoms with Crippen molar-refractivity contribution in [1.29, 1.82) is 0 Å². The van der Waals surface area contributed by atoms with Gasteiger partial charge in [-0.05, 0) is 13.3 Å². The molecule has 0 unspecified atom stereocenters. The van der Waals surface area contributed by atoms with Crippen LogP contribution in [0.5, 0.6) is 0 Å². The second-order valence-corrected chi connectivity index (χ2v) is 8.20. The summed E-state index contributed by atoms with van der Waals surface area (Å²) in [6.07, 6.45) is 17.8. The Kier molecular flexibility index (Phi) is 22.1. The van der Waals surface area contributed by atoms with E-state index >= 15 is 0 Å². The van der Waals surface area contributed by atoms with E-state index in [-0.39, 0.29) is 12.2 Å². The van der Waals surface area contributed by atoms with Crippen molar-refractivity contribution in [3.63, 3.8) is 0 Å². The van der Waals surface area contributed by atoms with Crippen molar-refractivity contribution in [1.82, 2.24) is 0 Å². The molecule has 0 spiro atoms. The van der Waals surface area contributed by atoms with Gasteiger partial charge in [0, 0.05) is 5.57 Å². The SMILES string of the molecule is C=C(C)C(=O)O.CCCCCCCCCCCCCCCCOOP(=O)(O)O. The summed E-state index contributed by atoms with van der Waals surface area (Å²) in [6, 6.07) is 0. The van der Waals surface area contributed by atoms with Crippen LogP contribution in [-0.2, 0) is 18.9 Å². The molecular formula is C20H41O7P. The van der Waals surface area contributed by atoms with Crippen molar-refractivity contribution < 1.29 is 33.8 Å². The van der Waals surface area contributed by atoms with Gasteiger partial charge in [0.05, 0.1) is 6.61 Å². The summed E-state index contributed by atoms with van der Waals surface area (Å²) in [6.45, 7) is 7.09. The smallest absolute Gasteiger partial charge is 0.478 e. The first-order chi connectivity index (χ1) is 13.2. The molecule has 0 aromatic rings. The Morgan fingerprint density at radius 1 is 0.821 bits per heavy atom. The molecule has 8 heteroatoms. The standard InChI is InChI=1S/C16H35O5P.C4H6O2/c1-2-3-4-5-6-7-8-9-10-11-12-13-14-15-16-20-21-22(17,18)19;1-3(2)4(5)6/h2-16H2,1H3,(H2,17,18,19);1H2,2H3,(H,5,6). The summed E-state index contributed by atoms with van der Waals surface area (Å²) in [5, 5.41) is 7.89. The van der Waals surface area contributed by atoms with Crippen LogP contribution in [0.15, 0.2) is 12.2 Å². The molecule has 0 aliphatic rings. The summed E-state index contributed by atoms with van der Waals surface area (Å²) in [7, 11) is -4.48. The molecule has 0 fully saturated rings. The van der Waals surface area contributed by atoms with Crippen molar-refractivity contribution in [3.05, 3.63) is 12.2 Å². The van der Waals surface area contributed by atoms with E-state index in [4.69, 9.17) is 14.9 Å². The Hall–Kier alpha value is -0.720. The number of hydrogen-bond donors (Lipinski definition) is 3. The summed E-state index contributed by atoms with van der Waals surface area (Å²) in [5.74, 6) is -0.935. The molecule has 0 radical (unpaired) electrons. The molecule has 0 aliphatic carbocycles. The summed E-state index contributed by atoms with van der Waals surface area (Å²) in [5.41, 5.74) is 0.176. The van der Waals surface area contributed by atoms with Crippen LogP contribution in [0.3, 0.4) is 0 Å². The minimum absolute atomic E-state index is 0.176. The predicted molar refractivity (Wildman–Crippen MR) is 112 cm³/mol. The van der Waals surface area contributed by atoms with Crippen molar-refractivity contribution in [2.45, 2.75) is 104 Å². The molecular weight excluding hydrogens is 383 g/mol. The maximum absolute atomic E-state index is 10.3. The third kappa shape index (κ3) is 30.0. The highest BCUT2D eigenvalue weighted by Gasteiger charge is 2.14. The molecule has 7 nitrogen and oxygen atoms in total. The fraction of sp³-hybridized carbons (Fsp3) is 0.850. The van der Waals surface area contributed by atoms with Gasteiger partial charge in [-0.3, -0.25) is 0 Å². The molecule has 0 saturated heterocycles. The Morgan fingerprint density at radius 3 is 1.43 bits per heavy atom.